The van der Waals surface area contributed by atoms with Gasteiger partial charge in [0.25, 0.3) is 0 Å². The molecule has 0 spiro atoms. The SMILES string of the molecule is CCc1nc2n(n1)CC(NC(=NC)NCCCc1ccc(Br)cc1F)CC2.I. The fourth-order valence-electron chi connectivity index (χ4n) is 3.23. The minimum Gasteiger partial charge on any atom is -0.356 e. The van der Waals surface area contributed by atoms with Gasteiger partial charge >= 0.3 is 0 Å². The van der Waals surface area contributed by atoms with Crippen LogP contribution in [0.5, 0.6) is 0 Å². The van der Waals surface area contributed by atoms with Gasteiger partial charge in [-0.2, -0.15) is 5.10 Å². The van der Waals surface area contributed by atoms with Gasteiger partial charge in [0.1, 0.15) is 11.6 Å². The summed E-state index contributed by atoms with van der Waals surface area (Å²) >= 11 is 3.28. The Morgan fingerprint density at radius 3 is 2.96 bits per heavy atom. The van der Waals surface area contributed by atoms with Gasteiger partial charge in [-0.25, -0.2) is 14.1 Å². The van der Waals surface area contributed by atoms with Crippen LogP contribution < -0.4 is 10.6 Å². The van der Waals surface area contributed by atoms with Crippen molar-refractivity contribution in [3.05, 3.63) is 45.7 Å². The average molecular weight is 565 g/mol. The summed E-state index contributed by atoms with van der Waals surface area (Å²) in [5, 5.41) is 11.3. The Hall–Kier alpha value is -1.23. The number of fused-ring (bicyclic) bond motifs is 1. The van der Waals surface area contributed by atoms with Crippen molar-refractivity contribution in [1.82, 2.24) is 25.4 Å². The number of benzene rings is 1. The summed E-state index contributed by atoms with van der Waals surface area (Å²) in [7, 11) is 1.77. The van der Waals surface area contributed by atoms with E-state index >= 15 is 0 Å². The van der Waals surface area contributed by atoms with E-state index < -0.39 is 0 Å². The molecule has 0 saturated carbocycles. The molecule has 0 bridgehead atoms. The van der Waals surface area contributed by atoms with Crippen LogP contribution in [-0.4, -0.2) is 40.4 Å². The highest BCUT2D eigenvalue weighted by molar-refractivity contribution is 14.0. The molecule has 0 saturated heterocycles. The lowest BCUT2D eigenvalue weighted by molar-refractivity contribution is 0.392. The number of hydrogen-bond acceptors (Lipinski definition) is 3. The van der Waals surface area contributed by atoms with E-state index in [1.54, 1.807) is 7.05 Å². The summed E-state index contributed by atoms with van der Waals surface area (Å²) in [6, 6.07) is 5.49. The Kier molecular flexibility index (Phi) is 9.13. The van der Waals surface area contributed by atoms with Crippen molar-refractivity contribution >= 4 is 45.9 Å². The number of hydrogen-bond donors (Lipinski definition) is 2. The number of nitrogens with zero attached hydrogens (tertiary/aromatic N) is 4. The van der Waals surface area contributed by atoms with Gasteiger partial charge in [-0.15, -0.1) is 24.0 Å². The maximum atomic E-state index is 13.9. The van der Waals surface area contributed by atoms with Crippen LogP contribution in [0.2, 0.25) is 0 Å². The number of guanidine groups is 1. The summed E-state index contributed by atoms with van der Waals surface area (Å²) in [6.45, 7) is 3.60. The van der Waals surface area contributed by atoms with Crippen molar-refractivity contribution < 1.29 is 4.39 Å². The van der Waals surface area contributed by atoms with Crippen molar-refractivity contribution in [2.75, 3.05) is 13.6 Å². The van der Waals surface area contributed by atoms with Crippen molar-refractivity contribution in [3.63, 3.8) is 0 Å². The first-order valence-electron chi connectivity index (χ1n) is 9.42. The lowest BCUT2D eigenvalue weighted by Crippen LogP contribution is -2.47. The zero-order chi connectivity index (χ0) is 19.2. The predicted molar refractivity (Wildman–Crippen MR) is 124 cm³/mol. The van der Waals surface area contributed by atoms with E-state index in [0.717, 1.165) is 66.4 Å². The molecule has 28 heavy (non-hydrogen) atoms. The molecular formula is C19H27BrFIN6. The van der Waals surface area contributed by atoms with E-state index in [0.29, 0.717) is 6.42 Å². The molecule has 6 nitrogen and oxygen atoms in total. The number of aromatic nitrogens is 3. The summed E-state index contributed by atoms with van der Waals surface area (Å²) in [6.07, 6.45) is 4.31. The lowest BCUT2D eigenvalue weighted by atomic mass is 10.1. The molecule has 2 aromatic rings. The normalized spacial score (nSPS) is 16.3. The highest BCUT2D eigenvalue weighted by Gasteiger charge is 2.21. The Morgan fingerprint density at radius 1 is 1.43 bits per heavy atom. The molecule has 0 aliphatic carbocycles. The van der Waals surface area contributed by atoms with E-state index in [2.05, 4.69) is 48.6 Å². The Bertz CT molecular complexity index is 810. The molecule has 2 heterocycles. The molecule has 0 fully saturated rings. The monoisotopic (exact) mass is 564 g/mol. The van der Waals surface area contributed by atoms with E-state index in [4.69, 9.17) is 0 Å². The van der Waals surface area contributed by atoms with E-state index in [1.807, 2.05) is 16.8 Å². The molecule has 2 N–H and O–H groups in total. The second-order valence-corrected chi connectivity index (χ2v) is 7.61. The number of halogens is 3. The largest absolute Gasteiger partial charge is 0.356 e. The van der Waals surface area contributed by atoms with Gasteiger partial charge in [0.05, 0.1) is 6.54 Å². The lowest BCUT2D eigenvalue weighted by Gasteiger charge is -2.25. The fourth-order valence-corrected chi connectivity index (χ4v) is 3.56. The average Bonchev–Trinajstić information content (AvgIpc) is 3.08. The van der Waals surface area contributed by atoms with E-state index in [1.165, 1.54) is 6.07 Å². The van der Waals surface area contributed by atoms with Crippen LogP contribution in [0, 0.1) is 5.82 Å². The molecule has 0 radical (unpaired) electrons. The first-order valence-corrected chi connectivity index (χ1v) is 10.2. The van der Waals surface area contributed by atoms with Crippen molar-refractivity contribution in [2.45, 2.75) is 51.6 Å². The molecule has 1 atom stereocenters. The van der Waals surface area contributed by atoms with Crippen LogP contribution in [0.3, 0.4) is 0 Å². The number of nitrogens with one attached hydrogen (secondary N) is 2. The van der Waals surface area contributed by atoms with Crippen LogP contribution in [0.15, 0.2) is 27.7 Å². The van der Waals surface area contributed by atoms with Gasteiger partial charge in [0.2, 0.25) is 0 Å². The smallest absolute Gasteiger partial charge is 0.191 e. The summed E-state index contributed by atoms with van der Waals surface area (Å²) in [5.41, 5.74) is 0.737. The molecular weight excluding hydrogens is 538 g/mol. The standard InChI is InChI=1S/C19H26BrFN6.HI/c1-3-17-25-18-9-8-15(12-27(18)26-17)24-19(22-2)23-10-4-5-13-6-7-14(20)11-16(13)21;/h6-7,11,15H,3-5,8-10,12H2,1-2H3,(H2,22,23,24);1H. The second kappa shape index (κ2) is 11.1. The molecule has 1 aromatic heterocycles. The molecule has 154 valence electrons. The van der Waals surface area contributed by atoms with Crippen molar-refractivity contribution in [1.29, 1.82) is 0 Å². The number of rotatable bonds is 6. The Labute approximate surface area is 190 Å². The van der Waals surface area contributed by atoms with Crippen LogP contribution in [0.25, 0.3) is 0 Å². The topological polar surface area (TPSA) is 67.1 Å². The third-order valence-electron chi connectivity index (χ3n) is 4.71. The first-order chi connectivity index (χ1) is 13.1. The van der Waals surface area contributed by atoms with Crippen LogP contribution in [0.4, 0.5) is 4.39 Å². The summed E-state index contributed by atoms with van der Waals surface area (Å²) in [5.74, 6) is 2.59. The Morgan fingerprint density at radius 2 is 2.25 bits per heavy atom. The highest BCUT2D eigenvalue weighted by Crippen LogP contribution is 2.16. The van der Waals surface area contributed by atoms with E-state index in [-0.39, 0.29) is 35.8 Å². The molecule has 1 aliphatic rings. The predicted octanol–water partition coefficient (Wildman–Crippen LogP) is 3.47. The maximum absolute atomic E-state index is 13.9. The zero-order valence-electron chi connectivity index (χ0n) is 16.2. The minimum absolute atomic E-state index is 0. The first kappa shape index (κ1) is 23.1. The quantitative estimate of drug-likeness (QED) is 0.244. The van der Waals surface area contributed by atoms with Crippen molar-refractivity contribution in [3.8, 4) is 0 Å². The molecule has 0 amide bonds. The van der Waals surface area contributed by atoms with Crippen LogP contribution in [-0.2, 0) is 25.8 Å². The number of aliphatic imine (C=N–C) groups is 1. The molecule has 3 rings (SSSR count). The van der Waals surface area contributed by atoms with Gasteiger partial charge in [-0.1, -0.05) is 28.9 Å². The van der Waals surface area contributed by atoms with Gasteiger partial charge in [0.15, 0.2) is 11.8 Å². The van der Waals surface area contributed by atoms with Crippen LogP contribution >= 0.6 is 39.9 Å². The summed E-state index contributed by atoms with van der Waals surface area (Å²) < 4.78 is 16.6. The molecule has 1 aromatic carbocycles. The highest BCUT2D eigenvalue weighted by atomic mass is 127. The minimum atomic E-state index is -0.163. The van der Waals surface area contributed by atoms with Gasteiger partial charge < -0.3 is 10.6 Å². The Balaban J connectivity index is 0.00000280. The second-order valence-electron chi connectivity index (χ2n) is 6.70. The van der Waals surface area contributed by atoms with Gasteiger partial charge in [0, 0.05) is 36.9 Å². The number of aryl methyl sites for hydroxylation is 3. The zero-order valence-corrected chi connectivity index (χ0v) is 20.1. The van der Waals surface area contributed by atoms with Gasteiger partial charge in [-0.05, 0) is 37.0 Å². The maximum Gasteiger partial charge on any atom is 0.191 e. The van der Waals surface area contributed by atoms with Crippen LogP contribution in [0.1, 0.15) is 37.0 Å². The molecule has 1 aliphatic heterocycles. The van der Waals surface area contributed by atoms with E-state index in [9.17, 15) is 4.39 Å². The molecule has 1 unspecified atom stereocenters. The third kappa shape index (κ3) is 6.13. The van der Waals surface area contributed by atoms with Gasteiger partial charge in [-0.3, -0.25) is 4.99 Å². The van der Waals surface area contributed by atoms with Crippen molar-refractivity contribution in [2.24, 2.45) is 4.99 Å². The third-order valence-corrected chi connectivity index (χ3v) is 5.21. The molecule has 9 heteroatoms. The fraction of sp³-hybridized carbons (Fsp3) is 0.526. The summed E-state index contributed by atoms with van der Waals surface area (Å²) in [4.78, 5) is 8.85.